The summed E-state index contributed by atoms with van der Waals surface area (Å²) in [6, 6.07) is 17.4. The van der Waals surface area contributed by atoms with Crippen molar-refractivity contribution < 1.29 is 9.90 Å². The van der Waals surface area contributed by atoms with E-state index in [9.17, 15) is 4.79 Å². The van der Waals surface area contributed by atoms with Crippen LogP contribution in [0.2, 0.25) is 0 Å². The van der Waals surface area contributed by atoms with Crippen LogP contribution in [0.5, 0.6) is 0 Å². The fourth-order valence-electron chi connectivity index (χ4n) is 2.89. The van der Waals surface area contributed by atoms with Crippen molar-refractivity contribution in [3.63, 3.8) is 0 Å². The van der Waals surface area contributed by atoms with Gasteiger partial charge < -0.3 is 10.4 Å². The number of hydrogen-bond donors (Lipinski definition) is 2. The first-order chi connectivity index (χ1) is 12.7. The third-order valence-electron chi connectivity index (χ3n) is 4.18. The van der Waals surface area contributed by atoms with Crippen molar-refractivity contribution in [2.45, 2.75) is 17.9 Å². The number of carbonyl (C=O) groups is 1. The van der Waals surface area contributed by atoms with Gasteiger partial charge in [0.1, 0.15) is 5.82 Å². The van der Waals surface area contributed by atoms with Gasteiger partial charge >= 0.3 is 5.97 Å². The molecule has 0 fully saturated rings. The van der Waals surface area contributed by atoms with Gasteiger partial charge in [-0.1, -0.05) is 42.5 Å². The lowest BCUT2D eigenvalue weighted by molar-refractivity contribution is -0.136. The van der Waals surface area contributed by atoms with E-state index in [0.717, 1.165) is 51.2 Å². The van der Waals surface area contributed by atoms with Gasteiger partial charge in [0.2, 0.25) is 0 Å². The standard InChI is InChI=1S/C20H17N3O2S/c24-18(25)10-13-6-8-15(9-7-13)21-20-16-11-26-12-17(16)22-19(23-20)14-4-2-1-3-5-14/h1-9H,10-12H2,(H,24,25)(H,21,22,23). The summed E-state index contributed by atoms with van der Waals surface area (Å²) in [6.07, 6.45) is 0.0258. The zero-order valence-electron chi connectivity index (χ0n) is 14.0. The minimum Gasteiger partial charge on any atom is -0.481 e. The molecular weight excluding hydrogens is 346 g/mol. The van der Waals surface area contributed by atoms with Gasteiger partial charge in [-0.15, -0.1) is 0 Å². The summed E-state index contributed by atoms with van der Waals surface area (Å²) < 4.78 is 0. The number of carboxylic acids is 1. The average Bonchev–Trinajstić information content (AvgIpc) is 3.12. The van der Waals surface area contributed by atoms with Crippen LogP contribution in [0.25, 0.3) is 11.4 Å². The van der Waals surface area contributed by atoms with Crippen LogP contribution < -0.4 is 5.32 Å². The van der Waals surface area contributed by atoms with Crippen LogP contribution in [-0.4, -0.2) is 21.0 Å². The molecular formula is C20H17N3O2S. The molecule has 0 atom stereocenters. The topological polar surface area (TPSA) is 75.1 Å². The van der Waals surface area contributed by atoms with E-state index in [1.165, 1.54) is 0 Å². The normalized spacial score (nSPS) is 12.6. The largest absolute Gasteiger partial charge is 0.481 e. The molecule has 1 aliphatic heterocycles. The van der Waals surface area contributed by atoms with Crippen molar-refractivity contribution in [1.82, 2.24) is 9.97 Å². The van der Waals surface area contributed by atoms with Gasteiger partial charge in [-0.2, -0.15) is 11.8 Å². The van der Waals surface area contributed by atoms with Crippen molar-refractivity contribution in [2.24, 2.45) is 0 Å². The van der Waals surface area contributed by atoms with Crippen molar-refractivity contribution in [2.75, 3.05) is 5.32 Å². The second kappa shape index (κ2) is 7.17. The molecule has 6 heteroatoms. The molecule has 0 bridgehead atoms. The van der Waals surface area contributed by atoms with Gasteiger partial charge in [-0.3, -0.25) is 4.79 Å². The van der Waals surface area contributed by atoms with Crippen LogP contribution in [0, 0.1) is 0 Å². The Labute approximate surface area is 155 Å². The van der Waals surface area contributed by atoms with Crippen LogP contribution in [0.15, 0.2) is 54.6 Å². The molecule has 5 nitrogen and oxygen atoms in total. The van der Waals surface area contributed by atoms with E-state index in [1.54, 1.807) is 0 Å². The summed E-state index contributed by atoms with van der Waals surface area (Å²) in [4.78, 5) is 20.3. The highest BCUT2D eigenvalue weighted by molar-refractivity contribution is 7.98. The van der Waals surface area contributed by atoms with Crippen LogP contribution in [0.3, 0.4) is 0 Å². The lowest BCUT2D eigenvalue weighted by Crippen LogP contribution is -2.04. The van der Waals surface area contributed by atoms with E-state index in [4.69, 9.17) is 15.1 Å². The molecule has 0 aliphatic carbocycles. The van der Waals surface area contributed by atoms with Crippen LogP contribution >= 0.6 is 11.8 Å². The smallest absolute Gasteiger partial charge is 0.307 e. The molecule has 3 aromatic rings. The van der Waals surface area contributed by atoms with E-state index in [-0.39, 0.29) is 6.42 Å². The van der Waals surface area contributed by atoms with Crippen LogP contribution in [-0.2, 0) is 22.7 Å². The highest BCUT2D eigenvalue weighted by Crippen LogP contribution is 2.35. The number of fused-ring (bicyclic) bond motifs is 1. The number of benzene rings is 2. The third kappa shape index (κ3) is 3.55. The van der Waals surface area contributed by atoms with Crippen molar-refractivity contribution in [1.29, 1.82) is 0 Å². The molecule has 1 aliphatic rings. The van der Waals surface area contributed by atoms with Crippen molar-refractivity contribution >= 4 is 29.2 Å². The molecule has 0 unspecified atom stereocenters. The second-order valence-corrected chi connectivity index (χ2v) is 7.06. The zero-order chi connectivity index (χ0) is 17.9. The summed E-state index contributed by atoms with van der Waals surface area (Å²) in [5.74, 6) is 2.50. The summed E-state index contributed by atoms with van der Waals surface area (Å²) in [5, 5.41) is 12.3. The highest BCUT2D eigenvalue weighted by atomic mass is 32.2. The Hall–Kier alpha value is -2.86. The van der Waals surface area contributed by atoms with Gasteiger partial charge in [0.25, 0.3) is 0 Å². The van der Waals surface area contributed by atoms with Gasteiger partial charge in [0, 0.05) is 28.3 Å². The fourth-order valence-corrected chi connectivity index (χ4v) is 3.93. The van der Waals surface area contributed by atoms with E-state index >= 15 is 0 Å². The maximum Gasteiger partial charge on any atom is 0.307 e. The number of rotatable bonds is 5. The Bertz CT molecular complexity index is 943. The molecule has 4 rings (SSSR count). The molecule has 0 saturated heterocycles. The Morgan fingerprint density at radius 1 is 1.04 bits per heavy atom. The molecule has 0 amide bonds. The monoisotopic (exact) mass is 363 g/mol. The summed E-state index contributed by atoms with van der Waals surface area (Å²) in [5.41, 5.74) is 4.87. The minimum absolute atomic E-state index is 0.0258. The summed E-state index contributed by atoms with van der Waals surface area (Å²) in [7, 11) is 0. The molecule has 0 saturated carbocycles. The number of anilines is 2. The summed E-state index contributed by atoms with van der Waals surface area (Å²) >= 11 is 1.83. The second-order valence-electron chi connectivity index (χ2n) is 6.07. The fraction of sp³-hybridized carbons (Fsp3) is 0.150. The van der Waals surface area contributed by atoms with Gasteiger partial charge in [-0.05, 0) is 17.7 Å². The van der Waals surface area contributed by atoms with E-state index in [2.05, 4.69) is 5.32 Å². The minimum atomic E-state index is -0.830. The maximum absolute atomic E-state index is 10.8. The predicted octanol–water partition coefficient (Wildman–Crippen LogP) is 4.26. The number of aliphatic carboxylic acids is 1. The number of aromatic nitrogens is 2. The van der Waals surface area contributed by atoms with Crippen molar-refractivity contribution in [3.8, 4) is 11.4 Å². The highest BCUT2D eigenvalue weighted by Gasteiger charge is 2.20. The number of nitrogens with zero attached hydrogens (tertiary/aromatic N) is 2. The Kier molecular flexibility index (Phi) is 4.58. The number of thioether (sulfide) groups is 1. The Balaban J connectivity index is 1.65. The molecule has 2 N–H and O–H groups in total. The molecule has 2 aromatic carbocycles. The van der Waals surface area contributed by atoms with Gasteiger partial charge in [0.15, 0.2) is 5.82 Å². The first kappa shape index (κ1) is 16.6. The molecule has 0 radical (unpaired) electrons. The maximum atomic E-state index is 10.8. The summed E-state index contributed by atoms with van der Waals surface area (Å²) in [6.45, 7) is 0. The van der Waals surface area contributed by atoms with Crippen molar-refractivity contribution in [3.05, 3.63) is 71.4 Å². The number of nitrogens with one attached hydrogen (secondary N) is 1. The van der Waals surface area contributed by atoms with E-state index in [0.29, 0.717) is 0 Å². The lowest BCUT2D eigenvalue weighted by Gasteiger charge is -2.12. The number of hydrogen-bond acceptors (Lipinski definition) is 5. The van der Waals surface area contributed by atoms with Gasteiger partial charge in [0.05, 0.1) is 12.1 Å². The van der Waals surface area contributed by atoms with E-state index < -0.39 is 5.97 Å². The van der Waals surface area contributed by atoms with Crippen LogP contribution in [0.1, 0.15) is 16.8 Å². The first-order valence-electron chi connectivity index (χ1n) is 8.30. The first-order valence-corrected chi connectivity index (χ1v) is 9.45. The molecule has 130 valence electrons. The van der Waals surface area contributed by atoms with Gasteiger partial charge in [-0.25, -0.2) is 9.97 Å². The van der Waals surface area contributed by atoms with Crippen LogP contribution in [0.4, 0.5) is 11.5 Å². The SMILES string of the molecule is O=C(O)Cc1ccc(Nc2nc(-c3ccccc3)nc3c2CSC3)cc1. The average molecular weight is 363 g/mol. The zero-order valence-corrected chi connectivity index (χ0v) is 14.8. The lowest BCUT2D eigenvalue weighted by atomic mass is 10.1. The quantitative estimate of drug-likeness (QED) is 0.705. The predicted molar refractivity (Wildman–Crippen MR) is 104 cm³/mol. The third-order valence-corrected chi connectivity index (χ3v) is 5.15. The molecule has 0 spiro atoms. The van der Waals surface area contributed by atoms with E-state index in [1.807, 2.05) is 66.4 Å². The Morgan fingerprint density at radius 3 is 2.54 bits per heavy atom. The molecule has 26 heavy (non-hydrogen) atoms. The molecule has 2 heterocycles. The number of carboxylic acid groups (broad SMARTS) is 1. The molecule has 1 aromatic heterocycles. The Morgan fingerprint density at radius 2 is 1.81 bits per heavy atom.